The number of hydrogen-bond donors (Lipinski definition) is 3. The number of carboxylic acids is 1. The summed E-state index contributed by atoms with van der Waals surface area (Å²) in [4.78, 5) is 26.7. The van der Waals surface area contributed by atoms with Gasteiger partial charge in [-0.3, -0.25) is 14.6 Å². The van der Waals surface area contributed by atoms with Gasteiger partial charge >= 0.3 is 0 Å². The number of benzene rings is 1. The van der Waals surface area contributed by atoms with Crippen LogP contribution in [0.5, 0.6) is 0 Å². The fourth-order valence-electron chi connectivity index (χ4n) is 1.35. The largest absolute Gasteiger partial charge is 0.481 e. The molecule has 0 saturated carbocycles. The Kier molecular flexibility index (Phi) is 6.42. The van der Waals surface area contributed by atoms with Crippen molar-refractivity contribution in [2.24, 2.45) is 5.10 Å². The summed E-state index contributed by atoms with van der Waals surface area (Å²) < 4.78 is 12.7. The molecule has 0 aliphatic carbocycles. The van der Waals surface area contributed by atoms with E-state index in [1.165, 1.54) is 24.4 Å². The number of aliphatic carboxylic acids is 1. The molecule has 0 aliphatic heterocycles. The van der Waals surface area contributed by atoms with Gasteiger partial charge in [0.15, 0.2) is 0 Å². The first-order chi connectivity index (χ1) is 10.4. The van der Waals surface area contributed by atoms with Gasteiger partial charge in [-0.15, -0.1) is 0 Å². The number of H-pyrrole nitrogens is 1. The maximum absolute atomic E-state index is 12.7. The molecule has 7 nitrogen and oxygen atoms in total. The van der Waals surface area contributed by atoms with E-state index in [0.717, 1.165) is 12.5 Å². The smallest absolute Gasteiger partial charge is 0.300 e. The molecule has 116 valence electrons. The van der Waals surface area contributed by atoms with Gasteiger partial charge in [-0.05, 0) is 24.6 Å². The number of nitrogens with zero attached hydrogens (tertiary/aromatic N) is 2. The molecule has 0 fully saturated rings. The molecular weight excluding hydrogens is 291 g/mol. The lowest BCUT2D eigenvalue weighted by atomic mass is 10.2. The molecule has 0 spiro atoms. The Bertz CT molecular complexity index is 707. The Labute approximate surface area is 125 Å². The molecule has 2 aromatic rings. The normalized spacial score (nSPS) is 9.95. The van der Waals surface area contributed by atoms with E-state index in [-0.39, 0.29) is 17.3 Å². The third kappa shape index (κ3) is 6.94. The summed E-state index contributed by atoms with van der Waals surface area (Å²) in [6, 6.07) is 7.25. The third-order valence-electron chi connectivity index (χ3n) is 2.12. The van der Waals surface area contributed by atoms with E-state index in [9.17, 15) is 9.18 Å². The zero-order chi connectivity index (χ0) is 16.5. The van der Waals surface area contributed by atoms with Crippen LogP contribution >= 0.6 is 0 Å². The van der Waals surface area contributed by atoms with Gasteiger partial charge in [0.2, 0.25) is 5.95 Å². The number of halogens is 1. The van der Waals surface area contributed by atoms with Crippen LogP contribution in [0.3, 0.4) is 0 Å². The molecule has 0 atom stereocenters. The van der Waals surface area contributed by atoms with E-state index in [1.54, 1.807) is 19.1 Å². The first-order valence-electron chi connectivity index (χ1n) is 6.19. The maximum Gasteiger partial charge on any atom is 0.300 e. The first-order valence-corrected chi connectivity index (χ1v) is 6.19. The Morgan fingerprint density at radius 2 is 2.00 bits per heavy atom. The van der Waals surface area contributed by atoms with Crippen molar-refractivity contribution in [3.05, 3.63) is 57.8 Å². The van der Waals surface area contributed by atoms with Gasteiger partial charge in [-0.1, -0.05) is 12.1 Å². The highest BCUT2D eigenvalue weighted by molar-refractivity contribution is 5.79. The van der Waals surface area contributed by atoms with E-state index in [1.807, 2.05) is 0 Å². The van der Waals surface area contributed by atoms with Crippen molar-refractivity contribution in [1.82, 2.24) is 9.97 Å². The lowest BCUT2D eigenvalue weighted by molar-refractivity contribution is -0.134. The van der Waals surface area contributed by atoms with Crippen LogP contribution in [0.2, 0.25) is 0 Å². The zero-order valence-electron chi connectivity index (χ0n) is 12.0. The maximum atomic E-state index is 12.7. The number of hydrogen-bond acceptors (Lipinski definition) is 5. The molecule has 3 N–H and O–H groups in total. The lowest BCUT2D eigenvalue weighted by Gasteiger charge is -1.99. The predicted molar refractivity (Wildman–Crippen MR) is 80.5 cm³/mol. The number of rotatable bonds is 3. The molecule has 0 saturated heterocycles. The van der Waals surface area contributed by atoms with Crippen molar-refractivity contribution >= 4 is 18.1 Å². The van der Waals surface area contributed by atoms with Crippen molar-refractivity contribution in [2.75, 3.05) is 5.43 Å². The highest BCUT2D eigenvalue weighted by atomic mass is 19.1. The molecule has 1 aromatic heterocycles. The fourth-order valence-corrected chi connectivity index (χ4v) is 1.35. The highest BCUT2D eigenvalue weighted by Gasteiger charge is 1.95. The molecule has 0 radical (unpaired) electrons. The van der Waals surface area contributed by atoms with E-state index in [0.29, 0.717) is 5.69 Å². The molecule has 1 aromatic carbocycles. The standard InChI is InChI=1S/C12H11FN4O.C2H4O2/c1-8-6-11(18)16-12(15-8)17-14-7-9-2-4-10(13)5-3-9;1-2(3)4/h2-7H,1H3,(H2,15,16,17,18);1H3,(H,3,4)/b14-7+;. The molecule has 0 unspecified atom stereocenters. The van der Waals surface area contributed by atoms with Gasteiger partial charge < -0.3 is 5.11 Å². The number of aromatic nitrogens is 2. The van der Waals surface area contributed by atoms with Gasteiger partial charge in [-0.2, -0.15) is 5.10 Å². The first kappa shape index (κ1) is 17.0. The van der Waals surface area contributed by atoms with Crippen LogP contribution in [0.15, 0.2) is 40.2 Å². The van der Waals surface area contributed by atoms with E-state index >= 15 is 0 Å². The van der Waals surface area contributed by atoms with Crippen LogP contribution in [-0.4, -0.2) is 27.3 Å². The van der Waals surface area contributed by atoms with E-state index < -0.39 is 5.97 Å². The topological polar surface area (TPSA) is 107 Å². The molecule has 22 heavy (non-hydrogen) atoms. The van der Waals surface area contributed by atoms with Crippen LogP contribution in [-0.2, 0) is 4.79 Å². The Morgan fingerprint density at radius 3 is 2.55 bits per heavy atom. The van der Waals surface area contributed by atoms with Crippen molar-refractivity contribution in [3.63, 3.8) is 0 Å². The predicted octanol–water partition coefficient (Wildman–Crippen LogP) is 1.75. The average Bonchev–Trinajstić information content (AvgIpc) is 2.39. The quantitative estimate of drug-likeness (QED) is 0.591. The van der Waals surface area contributed by atoms with Gasteiger partial charge in [-0.25, -0.2) is 14.8 Å². The Balaban J connectivity index is 0.000000541. The minimum atomic E-state index is -0.833. The van der Waals surface area contributed by atoms with Gasteiger partial charge in [0, 0.05) is 18.7 Å². The number of aromatic amines is 1. The molecule has 8 heteroatoms. The zero-order valence-corrected chi connectivity index (χ0v) is 12.0. The summed E-state index contributed by atoms with van der Waals surface area (Å²) in [5, 5.41) is 11.3. The van der Waals surface area contributed by atoms with Crippen LogP contribution in [0.1, 0.15) is 18.2 Å². The van der Waals surface area contributed by atoms with Crippen LogP contribution in [0.25, 0.3) is 0 Å². The minimum absolute atomic E-state index is 0.248. The molecular formula is C14H15FN4O3. The number of anilines is 1. The third-order valence-corrected chi connectivity index (χ3v) is 2.12. The number of hydrazone groups is 1. The molecule has 0 bridgehead atoms. The van der Waals surface area contributed by atoms with Crippen LogP contribution < -0.4 is 11.0 Å². The van der Waals surface area contributed by atoms with Gasteiger partial charge in [0.1, 0.15) is 5.82 Å². The summed E-state index contributed by atoms with van der Waals surface area (Å²) >= 11 is 0. The van der Waals surface area contributed by atoms with Gasteiger partial charge in [0.25, 0.3) is 11.5 Å². The van der Waals surface area contributed by atoms with Gasteiger partial charge in [0.05, 0.1) is 6.21 Å². The Morgan fingerprint density at radius 1 is 1.41 bits per heavy atom. The summed E-state index contributed by atoms with van der Waals surface area (Å²) in [6.07, 6.45) is 1.50. The van der Waals surface area contributed by atoms with Crippen molar-refractivity contribution in [1.29, 1.82) is 0 Å². The summed E-state index contributed by atoms with van der Waals surface area (Å²) in [5.41, 5.74) is 3.68. The fraction of sp³-hybridized carbons (Fsp3) is 0.143. The van der Waals surface area contributed by atoms with Crippen LogP contribution in [0.4, 0.5) is 10.3 Å². The minimum Gasteiger partial charge on any atom is -0.481 e. The molecule has 1 heterocycles. The summed E-state index contributed by atoms with van der Waals surface area (Å²) in [5.74, 6) is -0.872. The highest BCUT2D eigenvalue weighted by Crippen LogP contribution is 2.00. The van der Waals surface area contributed by atoms with Crippen LogP contribution in [0, 0.1) is 12.7 Å². The molecule has 0 aliphatic rings. The van der Waals surface area contributed by atoms with Crippen molar-refractivity contribution < 1.29 is 14.3 Å². The van der Waals surface area contributed by atoms with E-state index in [4.69, 9.17) is 9.90 Å². The Hall–Kier alpha value is -3.03. The number of nitrogens with one attached hydrogen (secondary N) is 2. The number of carbonyl (C=O) groups is 1. The second-order valence-corrected chi connectivity index (χ2v) is 4.18. The second kappa shape index (κ2) is 8.30. The molecule has 2 rings (SSSR count). The summed E-state index contributed by atoms with van der Waals surface area (Å²) in [6.45, 7) is 2.80. The number of aryl methyl sites for hydroxylation is 1. The summed E-state index contributed by atoms with van der Waals surface area (Å²) in [7, 11) is 0. The SMILES string of the molecule is CC(=O)O.Cc1cc(=O)[nH]c(N/N=C/c2ccc(F)cc2)n1. The second-order valence-electron chi connectivity index (χ2n) is 4.18. The monoisotopic (exact) mass is 306 g/mol. The van der Waals surface area contributed by atoms with E-state index in [2.05, 4.69) is 20.5 Å². The van der Waals surface area contributed by atoms with Crippen molar-refractivity contribution in [3.8, 4) is 0 Å². The molecule has 0 amide bonds. The van der Waals surface area contributed by atoms with Crippen molar-refractivity contribution in [2.45, 2.75) is 13.8 Å². The number of carboxylic acid groups (broad SMARTS) is 1. The average molecular weight is 306 g/mol. The lowest BCUT2D eigenvalue weighted by Crippen LogP contribution is -2.10.